The Morgan fingerprint density at radius 3 is 2.32 bits per heavy atom. The number of anilines is 1. The first-order valence-corrected chi connectivity index (χ1v) is 8.88. The molecule has 150 valence electrons. The van der Waals surface area contributed by atoms with Gasteiger partial charge in [-0.15, -0.1) is 0 Å². The standard InChI is InChI=1S/C19H23N3O6/c1-4-14-16(18(25)27-5-2)15(22-19(26)21-14)10-28-17(24)12-6-8-13(9-7-12)20-11(3)23/h6-9,14H,4-5,10H2,1-3H3,(H,20,23)(H2,21,22,26)/t14-/m0/s1. The summed E-state index contributed by atoms with van der Waals surface area (Å²) in [6.07, 6.45) is 0.476. The summed E-state index contributed by atoms with van der Waals surface area (Å²) in [5, 5.41) is 7.75. The van der Waals surface area contributed by atoms with Crippen LogP contribution in [0.1, 0.15) is 37.6 Å². The lowest BCUT2D eigenvalue weighted by molar-refractivity contribution is -0.139. The van der Waals surface area contributed by atoms with Crippen LogP contribution in [0.5, 0.6) is 0 Å². The van der Waals surface area contributed by atoms with E-state index in [4.69, 9.17) is 9.47 Å². The predicted octanol–water partition coefficient (Wildman–Crippen LogP) is 1.71. The van der Waals surface area contributed by atoms with Crippen LogP contribution in [0.2, 0.25) is 0 Å². The molecule has 0 saturated heterocycles. The predicted molar refractivity (Wildman–Crippen MR) is 100 cm³/mol. The molecule has 0 bridgehead atoms. The van der Waals surface area contributed by atoms with E-state index in [0.717, 1.165) is 0 Å². The highest BCUT2D eigenvalue weighted by molar-refractivity contribution is 5.95. The second-order valence-corrected chi connectivity index (χ2v) is 6.01. The van der Waals surface area contributed by atoms with Gasteiger partial charge in [0, 0.05) is 12.6 Å². The summed E-state index contributed by atoms with van der Waals surface area (Å²) in [7, 11) is 0. The quantitative estimate of drug-likeness (QED) is 0.610. The van der Waals surface area contributed by atoms with Crippen LogP contribution in [-0.4, -0.2) is 43.1 Å². The highest BCUT2D eigenvalue weighted by Gasteiger charge is 2.32. The molecule has 3 amide bonds. The van der Waals surface area contributed by atoms with Crippen LogP contribution in [0.15, 0.2) is 35.5 Å². The van der Waals surface area contributed by atoms with Gasteiger partial charge in [-0.3, -0.25) is 4.79 Å². The molecule has 0 fully saturated rings. The van der Waals surface area contributed by atoms with Crippen molar-refractivity contribution in [3.8, 4) is 0 Å². The van der Waals surface area contributed by atoms with Gasteiger partial charge in [-0.25, -0.2) is 14.4 Å². The largest absolute Gasteiger partial charge is 0.463 e. The first-order chi connectivity index (χ1) is 13.3. The van der Waals surface area contributed by atoms with E-state index < -0.39 is 24.0 Å². The average Bonchev–Trinajstić information content (AvgIpc) is 2.65. The summed E-state index contributed by atoms with van der Waals surface area (Å²) in [4.78, 5) is 47.4. The molecule has 0 unspecified atom stereocenters. The Morgan fingerprint density at radius 2 is 1.75 bits per heavy atom. The van der Waals surface area contributed by atoms with E-state index in [-0.39, 0.29) is 36.0 Å². The summed E-state index contributed by atoms with van der Waals surface area (Å²) in [6, 6.07) is 5.14. The Bertz CT molecular complexity index is 800. The SMILES string of the molecule is CCOC(=O)C1=C(COC(=O)c2ccc(NC(C)=O)cc2)NC(=O)N[C@H]1CC. The van der Waals surface area contributed by atoms with E-state index in [9.17, 15) is 19.2 Å². The van der Waals surface area contributed by atoms with E-state index >= 15 is 0 Å². The Labute approximate surface area is 162 Å². The molecule has 1 aromatic rings. The first-order valence-electron chi connectivity index (χ1n) is 8.88. The lowest BCUT2D eigenvalue weighted by Gasteiger charge is -2.28. The Hall–Kier alpha value is -3.36. The maximum Gasteiger partial charge on any atom is 0.338 e. The van der Waals surface area contributed by atoms with Crippen LogP contribution >= 0.6 is 0 Å². The van der Waals surface area contributed by atoms with Crippen molar-refractivity contribution in [2.24, 2.45) is 0 Å². The highest BCUT2D eigenvalue weighted by Crippen LogP contribution is 2.18. The van der Waals surface area contributed by atoms with Gasteiger partial charge in [0.25, 0.3) is 0 Å². The smallest absolute Gasteiger partial charge is 0.338 e. The van der Waals surface area contributed by atoms with E-state index in [1.54, 1.807) is 19.1 Å². The van der Waals surface area contributed by atoms with Gasteiger partial charge >= 0.3 is 18.0 Å². The zero-order valence-corrected chi connectivity index (χ0v) is 16.0. The van der Waals surface area contributed by atoms with Crippen LogP contribution in [0.3, 0.4) is 0 Å². The molecule has 28 heavy (non-hydrogen) atoms. The van der Waals surface area contributed by atoms with Crippen molar-refractivity contribution in [1.29, 1.82) is 0 Å². The molecule has 0 radical (unpaired) electrons. The average molecular weight is 389 g/mol. The number of esters is 2. The number of carbonyl (C=O) groups is 4. The summed E-state index contributed by atoms with van der Waals surface area (Å²) < 4.78 is 10.3. The van der Waals surface area contributed by atoms with Crippen LogP contribution in [-0.2, 0) is 19.1 Å². The van der Waals surface area contributed by atoms with Gasteiger partial charge in [-0.05, 0) is 37.6 Å². The van der Waals surface area contributed by atoms with Crippen molar-refractivity contribution in [1.82, 2.24) is 10.6 Å². The van der Waals surface area contributed by atoms with Gasteiger partial charge in [0.15, 0.2) is 0 Å². The number of ether oxygens (including phenoxy) is 2. The zero-order valence-electron chi connectivity index (χ0n) is 16.0. The van der Waals surface area contributed by atoms with Gasteiger partial charge in [-0.2, -0.15) is 0 Å². The lowest BCUT2D eigenvalue weighted by Crippen LogP contribution is -2.51. The molecule has 0 saturated carbocycles. The molecule has 1 aliphatic rings. The summed E-state index contributed by atoms with van der Waals surface area (Å²) >= 11 is 0. The number of hydrogen-bond acceptors (Lipinski definition) is 6. The Morgan fingerprint density at radius 1 is 1.07 bits per heavy atom. The number of rotatable bonds is 7. The fourth-order valence-electron chi connectivity index (χ4n) is 2.69. The van der Waals surface area contributed by atoms with Crippen LogP contribution in [0, 0.1) is 0 Å². The molecule has 2 rings (SSSR count). The topological polar surface area (TPSA) is 123 Å². The summed E-state index contributed by atoms with van der Waals surface area (Å²) in [5.41, 5.74) is 1.24. The van der Waals surface area contributed by atoms with Crippen molar-refractivity contribution in [2.45, 2.75) is 33.2 Å². The molecule has 0 aliphatic carbocycles. The monoisotopic (exact) mass is 389 g/mol. The van der Waals surface area contributed by atoms with E-state index in [1.165, 1.54) is 19.1 Å². The molecule has 1 aliphatic heterocycles. The molecule has 9 nitrogen and oxygen atoms in total. The molecule has 0 spiro atoms. The van der Waals surface area contributed by atoms with Crippen LogP contribution < -0.4 is 16.0 Å². The number of urea groups is 1. The maximum atomic E-state index is 12.3. The Kier molecular flexibility index (Phi) is 7.14. The van der Waals surface area contributed by atoms with Crippen molar-refractivity contribution in [3.63, 3.8) is 0 Å². The highest BCUT2D eigenvalue weighted by atomic mass is 16.5. The third kappa shape index (κ3) is 5.32. The number of benzene rings is 1. The maximum absolute atomic E-state index is 12.3. The van der Waals surface area contributed by atoms with E-state index in [2.05, 4.69) is 16.0 Å². The van der Waals surface area contributed by atoms with Gasteiger partial charge in [-0.1, -0.05) is 6.92 Å². The summed E-state index contributed by atoms with van der Waals surface area (Å²) in [5.74, 6) is -1.43. The minimum absolute atomic E-state index is 0.181. The number of amides is 3. The molecule has 9 heteroatoms. The third-order valence-electron chi connectivity index (χ3n) is 3.94. The molecule has 0 aromatic heterocycles. The van der Waals surface area contributed by atoms with Crippen LogP contribution in [0.4, 0.5) is 10.5 Å². The minimum Gasteiger partial charge on any atom is -0.463 e. The van der Waals surface area contributed by atoms with Crippen molar-refractivity contribution >= 4 is 29.6 Å². The minimum atomic E-state index is -0.633. The Balaban J connectivity index is 2.14. The number of carbonyl (C=O) groups excluding carboxylic acids is 4. The second kappa shape index (κ2) is 9.54. The fraction of sp³-hybridized carbons (Fsp3) is 0.368. The van der Waals surface area contributed by atoms with Gasteiger partial charge < -0.3 is 25.4 Å². The molecular weight excluding hydrogens is 366 g/mol. The van der Waals surface area contributed by atoms with Crippen molar-refractivity contribution in [3.05, 3.63) is 41.1 Å². The third-order valence-corrected chi connectivity index (χ3v) is 3.94. The molecule has 3 N–H and O–H groups in total. The zero-order chi connectivity index (χ0) is 20.7. The fourth-order valence-corrected chi connectivity index (χ4v) is 2.69. The van der Waals surface area contributed by atoms with Crippen LogP contribution in [0.25, 0.3) is 0 Å². The van der Waals surface area contributed by atoms with Gasteiger partial charge in [0.2, 0.25) is 5.91 Å². The second-order valence-electron chi connectivity index (χ2n) is 6.01. The van der Waals surface area contributed by atoms with Crippen molar-refractivity contribution < 1.29 is 28.7 Å². The van der Waals surface area contributed by atoms with Crippen molar-refractivity contribution in [2.75, 3.05) is 18.5 Å². The lowest BCUT2D eigenvalue weighted by atomic mass is 10.0. The summed E-state index contributed by atoms with van der Waals surface area (Å²) in [6.45, 7) is 4.77. The molecular formula is C19H23N3O6. The molecule has 1 aromatic carbocycles. The number of nitrogens with one attached hydrogen (secondary N) is 3. The van der Waals surface area contributed by atoms with E-state index in [1.807, 2.05) is 6.92 Å². The molecule has 1 atom stereocenters. The number of hydrogen-bond donors (Lipinski definition) is 3. The molecule has 1 heterocycles. The van der Waals surface area contributed by atoms with E-state index in [0.29, 0.717) is 12.1 Å². The first kappa shape index (κ1) is 20.9. The van der Waals surface area contributed by atoms with Gasteiger partial charge in [0.1, 0.15) is 6.61 Å². The normalized spacial score (nSPS) is 16.0. The van der Waals surface area contributed by atoms with Gasteiger partial charge in [0.05, 0.1) is 29.5 Å².